The number of Topliss-reactive ketones (excluding diaryl/α,β-unsaturated/α-hetero) is 1. The van der Waals surface area contributed by atoms with Crippen LogP contribution in [-0.4, -0.2) is 200 Å². The van der Waals surface area contributed by atoms with Crippen LogP contribution in [0.3, 0.4) is 0 Å². The van der Waals surface area contributed by atoms with Crippen LogP contribution >= 0.6 is 15.9 Å². The number of carbonyl (C=O) groups excluding carboxylic acids is 9. The molecular formula is C68H99BrN12O15. The number of esters is 2. The molecule has 4 heterocycles. The minimum atomic E-state index is -0.923. The van der Waals surface area contributed by atoms with Crippen molar-refractivity contribution in [2.75, 3.05) is 99.6 Å². The molecule has 2 fully saturated rings. The summed E-state index contributed by atoms with van der Waals surface area (Å²) in [6, 6.07) is 7.43. The molecule has 5 N–H and O–H groups in total. The van der Waals surface area contributed by atoms with Crippen LogP contribution < -0.4 is 26.6 Å². The third-order valence-electron chi connectivity index (χ3n) is 16.8. The molecule has 1 aliphatic heterocycles. The van der Waals surface area contributed by atoms with Crippen LogP contribution in [0.4, 0.5) is 5.82 Å². The van der Waals surface area contributed by atoms with Crippen molar-refractivity contribution in [3.05, 3.63) is 64.4 Å². The van der Waals surface area contributed by atoms with Gasteiger partial charge in [-0.2, -0.15) is 5.10 Å². The molecule has 1 aliphatic carbocycles. The Kier molecular flexibility index (Phi) is 33.7. The number of pyridine rings is 1. The van der Waals surface area contributed by atoms with Crippen molar-refractivity contribution in [2.24, 2.45) is 5.41 Å². The lowest BCUT2D eigenvalue weighted by atomic mass is 10.0. The van der Waals surface area contributed by atoms with Gasteiger partial charge in [-0.25, -0.2) is 19.7 Å². The van der Waals surface area contributed by atoms with E-state index in [0.717, 1.165) is 50.5 Å². The molecule has 528 valence electrons. The topological polar surface area (TPSA) is 332 Å². The summed E-state index contributed by atoms with van der Waals surface area (Å²) in [6.45, 7) is 5.05. The molecule has 28 heteroatoms. The molecule has 4 aromatic rings. The zero-order chi connectivity index (χ0) is 69.2. The molecule has 0 unspecified atom stereocenters. The Morgan fingerprint density at radius 3 is 1.84 bits per heavy atom. The third-order valence-corrected chi connectivity index (χ3v) is 17.3. The molecule has 1 saturated heterocycles. The van der Waals surface area contributed by atoms with Crippen LogP contribution in [0.1, 0.15) is 164 Å². The molecule has 3 aromatic heterocycles. The number of rotatable bonds is 48. The highest BCUT2D eigenvalue weighted by atomic mass is 79.9. The molecule has 1 aromatic carbocycles. The van der Waals surface area contributed by atoms with Gasteiger partial charge in [0.25, 0.3) is 0 Å². The lowest BCUT2D eigenvalue weighted by Crippen LogP contribution is -2.47. The van der Waals surface area contributed by atoms with Crippen molar-refractivity contribution in [1.29, 1.82) is 0 Å². The number of amides is 6. The number of methoxy groups -OCH3 is 2. The second-order valence-corrected chi connectivity index (χ2v) is 25.8. The van der Waals surface area contributed by atoms with E-state index in [-0.39, 0.29) is 156 Å². The third kappa shape index (κ3) is 26.9. The van der Waals surface area contributed by atoms with E-state index in [1.807, 2.05) is 37.2 Å². The molecule has 0 spiro atoms. The number of hydrogen-bond donors (Lipinski definition) is 5. The zero-order valence-electron chi connectivity index (χ0n) is 56.7. The summed E-state index contributed by atoms with van der Waals surface area (Å²) in [6.07, 6.45) is 21.0. The molecule has 6 rings (SSSR count). The molecule has 0 radical (unpaired) electrons. The summed E-state index contributed by atoms with van der Waals surface area (Å²) < 4.78 is 33.4. The number of fused-ring (bicyclic) bond motifs is 2. The van der Waals surface area contributed by atoms with Crippen LogP contribution in [0.2, 0.25) is 0 Å². The maximum atomic E-state index is 14.2. The number of aromatic nitrogens is 5. The van der Waals surface area contributed by atoms with Gasteiger partial charge in [-0.1, -0.05) is 96.1 Å². The lowest BCUT2D eigenvalue weighted by molar-refractivity contribution is -0.145. The second kappa shape index (κ2) is 41.7. The summed E-state index contributed by atoms with van der Waals surface area (Å²) >= 11 is 3.41. The van der Waals surface area contributed by atoms with Crippen molar-refractivity contribution in [2.45, 2.75) is 180 Å². The number of unbranched alkanes of at least 4 members (excludes halogenated alkanes) is 13. The first-order valence-electron chi connectivity index (χ1n) is 33.6. The maximum Gasteiger partial charge on any atom is 0.328 e. The van der Waals surface area contributed by atoms with Gasteiger partial charge in [0.15, 0.2) is 5.78 Å². The first-order chi connectivity index (χ1) is 46.3. The van der Waals surface area contributed by atoms with E-state index in [9.17, 15) is 43.2 Å². The second-order valence-electron chi connectivity index (χ2n) is 25.0. The number of anilines is 1. The fraction of sp³-hybridized carbons (Fsp3) is 0.632. The van der Waals surface area contributed by atoms with Gasteiger partial charge in [0, 0.05) is 80.8 Å². The quantitative estimate of drug-likeness (QED) is 0.0133. The number of halogens is 1. The Hall–Kier alpha value is -7.37. The van der Waals surface area contributed by atoms with Gasteiger partial charge in [0.1, 0.15) is 53.8 Å². The van der Waals surface area contributed by atoms with Crippen molar-refractivity contribution >= 4 is 85.8 Å². The van der Waals surface area contributed by atoms with E-state index in [1.54, 1.807) is 29.4 Å². The van der Waals surface area contributed by atoms with Crippen molar-refractivity contribution < 1.29 is 71.6 Å². The molecule has 2 aliphatic rings. The predicted molar refractivity (Wildman–Crippen MR) is 361 cm³/mol. The van der Waals surface area contributed by atoms with Crippen molar-refractivity contribution in [1.82, 2.24) is 55.8 Å². The Morgan fingerprint density at radius 2 is 1.25 bits per heavy atom. The molecule has 0 bridgehead atoms. The number of carbonyl (C=O) groups is 9. The van der Waals surface area contributed by atoms with E-state index in [4.69, 9.17) is 23.7 Å². The molecule has 4 atom stereocenters. The molecule has 27 nitrogen and oxygen atoms in total. The Labute approximate surface area is 571 Å². The maximum absolute atomic E-state index is 14.2. The van der Waals surface area contributed by atoms with E-state index in [2.05, 4.69) is 74.2 Å². The number of benzene rings is 1. The number of ether oxygens (including phenoxy) is 6. The van der Waals surface area contributed by atoms with Gasteiger partial charge < -0.3 is 64.8 Å². The number of piperidine rings is 1. The number of hydrogen-bond acceptors (Lipinski definition) is 20. The van der Waals surface area contributed by atoms with E-state index in [0.29, 0.717) is 64.1 Å². The van der Waals surface area contributed by atoms with Gasteiger partial charge >= 0.3 is 11.9 Å². The molecule has 96 heavy (non-hydrogen) atoms. The first-order valence-corrected chi connectivity index (χ1v) is 34.4. The van der Waals surface area contributed by atoms with E-state index >= 15 is 0 Å². The monoisotopic (exact) mass is 1400 g/mol. The standard InChI is InChI=1S/C68H99BrN12O15/c1-47(82)64-51-37-48(23-26-53(51)80(78-64)44-62(87)81-54(38-68(2)39-55(68)81)66(89)77-65-49(43-79(3)4)24-27-56(69)76-65)50-40-72-57(73-41-50)42-74-61(86)46-96-36-34-94-32-30-71-60(85)45-95-35-33-93-31-29-70-58(83)28-25-52(67(90)92-6)75-59(84)21-19-17-15-13-11-9-7-8-10-12-14-16-18-20-22-63(88)91-5/h23-24,26-27,37,40-41,52,54-55H,7-22,25,28-36,38-39,42-46H2,1-6H3,(H,70,83)(H,71,85)(H,74,86)(H,75,84)(H,76,77,89)/t52-,54-,55+,68-/m0/s1. The lowest BCUT2D eigenvalue weighted by Gasteiger charge is -2.27. The number of nitrogens with one attached hydrogen (secondary N) is 5. The summed E-state index contributed by atoms with van der Waals surface area (Å²) in [5, 5.41) is 19.0. The van der Waals surface area contributed by atoms with E-state index in [1.165, 1.54) is 77.2 Å². The first kappa shape index (κ1) is 77.6. The highest BCUT2D eigenvalue weighted by molar-refractivity contribution is 9.10. The number of nitrogens with zero attached hydrogens (tertiary/aromatic N) is 7. The summed E-state index contributed by atoms with van der Waals surface area (Å²) in [7, 11) is 6.53. The molecule has 1 saturated carbocycles. The predicted octanol–water partition coefficient (Wildman–Crippen LogP) is 6.70. The fourth-order valence-electron chi connectivity index (χ4n) is 11.5. The number of likely N-dealkylation sites (tertiary alicyclic amines) is 1. The van der Waals surface area contributed by atoms with Gasteiger partial charge in [0.05, 0.1) is 65.9 Å². The van der Waals surface area contributed by atoms with Crippen LogP contribution in [0.15, 0.2) is 47.3 Å². The van der Waals surface area contributed by atoms with Crippen LogP contribution in [0.5, 0.6) is 0 Å². The van der Waals surface area contributed by atoms with E-state index < -0.39 is 18.1 Å². The minimum Gasteiger partial charge on any atom is -0.469 e. The largest absolute Gasteiger partial charge is 0.469 e. The Morgan fingerprint density at radius 1 is 0.667 bits per heavy atom. The van der Waals surface area contributed by atoms with Gasteiger partial charge in [-0.3, -0.25) is 43.0 Å². The average molecular weight is 1400 g/mol. The minimum absolute atomic E-state index is 0.00420. The summed E-state index contributed by atoms with van der Waals surface area (Å²) in [4.78, 5) is 131. The van der Waals surface area contributed by atoms with Gasteiger partial charge in [-0.15, -0.1) is 0 Å². The van der Waals surface area contributed by atoms with Gasteiger partial charge in [-0.05, 0) is 91.3 Å². The highest BCUT2D eigenvalue weighted by Gasteiger charge is 2.64. The molecule has 6 amide bonds. The normalized spacial score (nSPS) is 15.8. The Balaban J connectivity index is 0.749. The van der Waals surface area contributed by atoms with Gasteiger partial charge in [0.2, 0.25) is 35.4 Å². The summed E-state index contributed by atoms with van der Waals surface area (Å²) in [5.74, 6) is -2.09. The SMILES string of the molecule is COC(=O)CCCCCCCCCCCCCCCCC(=O)N[C@@H](CCC(=O)NCCOCCOCC(=O)NCCOCCOCC(=O)NCc1ncc(-c2ccc3c(c2)c(C(C)=O)nn3CC(=O)N2[C@H](C(=O)Nc3nc(Br)ccc3CN(C)C)C[C@@]3(C)C[C@@H]23)cn1)C(=O)OC. The fourth-order valence-corrected chi connectivity index (χ4v) is 11.8. The van der Waals surface area contributed by atoms with Crippen LogP contribution in [-0.2, 0) is 86.4 Å². The van der Waals surface area contributed by atoms with Crippen molar-refractivity contribution in [3.63, 3.8) is 0 Å². The van der Waals surface area contributed by atoms with Crippen molar-refractivity contribution in [3.8, 4) is 11.1 Å². The number of ketones is 1. The average Bonchev–Trinajstić information content (AvgIpc) is 1.55. The zero-order valence-corrected chi connectivity index (χ0v) is 58.3. The molecular weight excluding hydrogens is 1300 g/mol. The smallest absolute Gasteiger partial charge is 0.328 e. The van der Waals surface area contributed by atoms with Crippen LogP contribution in [0, 0.1) is 5.41 Å². The summed E-state index contributed by atoms with van der Waals surface area (Å²) in [5.41, 5.74) is 2.79. The van der Waals surface area contributed by atoms with Crippen LogP contribution in [0.25, 0.3) is 22.0 Å². The highest BCUT2D eigenvalue weighted by Crippen LogP contribution is 2.59. The Bertz CT molecular complexity index is 3190.